The van der Waals surface area contributed by atoms with Crippen molar-refractivity contribution in [1.82, 2.24) is 39.7 Å². The number of nitrogens with zero attached hydrogens (tertiary/aromatic N) is 6. The molecular formula is C31H33F3N8O4. The number of likely N-dealkylation sites (tertiary alicyclic amines) is 2. The number of aromatic nitrogens is 6. The van der Waals surface area contributed by atoms with E-state index in [2.05, 4.69) is 29.9 Å². The van der Waals surface area contributed by atoms with E-state index >= 15 is 0 Å². The van der Waals surface area contributed by atoms with Crippen molar-refractivity contribution in [2.24, 2.45) is 0 Å². The summed E-state index contributed by atoms with van der Waals surface area (Å²) in [5, 5.41) is 9.45. The molecule has 0 bridgehead atoms. The lowest BCUT2D eigenvalue weighted by Gasteiger charge is -2.27. The molecule has 3 aromatic heterocycles. The fourth-order valence-corrected chi connectivity index (χ4v) is 5.89. The van der Waals surface area contributed by atoms with Gasteiger partial charge in [-0.05, 0) is 46.5 Å². The summed E-state index contributed by atoms with van der Waals surface area (Å²) in [5.74, 6) is 0.978. The summed E-state index contributed by atoms with van der Waals surface area (Å²) in [6.07, 6.45) is 1.08. The number of imidazole rings is 2. The highest BCUT2D eigenvalue weighted by Gasteiger charge is 2.41. The molecule has 12 nitrogen and oxygen atoms in total. The Balaban J connectivity index is 1.19. The number of nitrogens with one attached hydrogen (secondary N) is 2. The number of hydrogen-bond acceptors (Lipinski definition) is 7. The molecule has 15 heteroatoms. The molecule has 2 fully saturated rings. The number of rotatable bonds is 5. The summed E-state index contributed by atoms with van der Waals surface area (Å²) < 4.78 is 47.4. The van der Waals surface area contributed by atoms with Gasteiger partial charge in [0.2, 0.25) is 0 Å². The molecule has 1 aromatic carbocycles. The normalized spacial score (nSPS) is 18.7. The van der Waals surface area contributed by atoms with Crippen LogP contribution in [0.5, 0.6) is 0 Å². The Labute approximate surface area is 262 Å². The van der Waals surface area contributed by atoms with Gasteiger partial charge in [-0.3, -0.25) is 9.80 Å². The molecule has 0 saturated carbocycles. The SMILES string of the molecule is CC(C)(C)OC(=O)N1CCC[C@H]1c1ncc(-c2cnc(-c3ccc(-c4[nH]c([C@@H]5CCCN5C(=O)O)nc4C(F)(F)F)cc3)nc2)[nH]1. The molecule has 46 heavy (non-hydrogen) atoms. The molecule has 0 aliphatic carbocycles. The summed E-state index contributed by atoms with van der Waals surface area (Å²) in [7, 11) is 0. The van der Waals surface area contributed by atoms with Crippen LogP contribution in [-0.4, -0.2) is 75.7 Å². The molecular weight excluding hydrogens is 605 g/mol. The minimum absolute atomic E-state index is 0.0299. The van der Waals surface area contributed by atoms with Crippen molar-refractivity contribution in [2.45, 2.75) is 70.3 Å². The minimum atomic E-state index is -4.74. The number of carbonyl (C=O) groups excluding carboxylic acids is 1. The van der Waals surface area contributed by atoms with Gasteiger partial charge in [-0.15, -0.1) is 0 Å². The maximum atomic E-state index is 14.0. The predicted molar refractivity (Wildman–Crippen MR) is 159 cm³/mol. The summed E-state index contributed by atoms with van der Waals surface area (Å²) in [6.45, 7) is 6.29. The summed E-state index contributed by atoms with van der Waals surface area (Å²) in [5.41, 5.74) is 0.232. The van der Waals surface area contributed by atoms with Crippen molar-refractivity contribution in [3.05, 3.63) is 60.2 Å². The van der Waals surface area contributed by atoms with E-state index in [9.17, 15) is 27.9 Å². The maximum absolute atomic E-state index is 14.0. The fourth-order valence-electron chi connectivity index (χ4n) is 5.89. The minimum Gasteiger partial charge on any atom is -0.465 e. The predicted octanol–water partition coefficient (Wildman–Crippen LogP) is 6.83. The monoisotopic (exact) mass is 638 g/mol. The smallest absolute Gasteiger partial charge is 0.435 e. The lowest BCUT2D eigenvalue weighted by molar-refractivity contribution is -0.140. The molecule has 3 N–H and O–H groups in total. The fraction of sp³-hybridized carbons (Fsp3) is 0.419. The zero-order valence-electron chi connectivity index (χ0n) is 25.4. The average Bonchev–Trinajstić information content (AvgIpc) is 3.81. The summed E-state index contributed by atoms with van der Waals surface area (Å²) in [6, 6.07) is 5.25. The Morgan fingerprint density at radius 1 is 0.848 bits per heavy atom. The number of hydrogen-bond donors (Lipinski definition) is 3. The van der Waals surface area contributed by atoms with Crippen LogP contribution in [0.1, 0.15) is 75.9 Å². The van der Waals surface area contributed by atoms with Gasteiger partial charge in [0.25, 0.3) is 0 Å². The van der Waals surface area contributed by atoms with Crippen LogP contribution in [0, 0.1) is 0 Å². The lowest BCUT2D eigenvalue weighted by atomic mass is 10.1. The highest BCUT2D eigenvalue weighted by molar-refractivity contribution is 5.70. The van der Waals surface area contributed by atoms with E-state index in [1.54, 1.807) is 35.6 Å². The Kier molecular flexibility index (Phi) is 7.94. The second-order valence-corrected chi connectivity index (χ2v) is 12.4. The van der Waals surface area contributed by atoms with Gasteiger partial charge in [0.15, 0.2) is 11.5 Å². The number of ether oxygens (including phenoxy) is 1. The van der Waals surface area contributed by atoms with Crippen molar-refractivity contribution in [2.75, 3.05) is 13.1 Å². The molecule has 0 unspecified atom stereocenters. The molecule has 2 aliphatic heterocycles. The van der Waals surface area contributed by atoms with E-state index in [0.29, 0.717) is 47.9 Å². The van der Waals surface area contributed by atoms with Crippen LogP contribution in [0.3, 0.4) is 0 Å². The average molecular weight is 639 g/mol. The van der Waals surface area contributed by atoms with Crippen molar-refractivity contribution in [1.29, 1.82) is 0 Å². The Hall–Kier alpha value is -4.95. The van der Waals surface area contributed by atoms with Gasteiger partial charge in [0.1, 0.15) is 17.2 Å². The molecule has 2 atom stereocenters. The third kappa shape index (κ3) is 6.26. The van der Waals surface area contributed by atoms with Gasteiger partial charge in [-0.2, -0.15) is 13.2 Å². The third-order valence-corrected chi connectivity index (χ3v) is 7.99. The van der Waals surface area contributed by atoms with Crippen LogP contribution in [0.4, 0.5) is 22.8 Å². The zero-order valence-corrected chi connectivity index (χ0v) is 25.4. The number of halogens is 3. The van der Waals surface area contributed by atoms with Crippen LogP contribution in [-0.2, 0) is 10.9 Å². The Morgan fingerprint density at radius 2 is 1.46 bits per heavy atom. The van der Waals surface area contributed by atoms with Gasteiger partial charge in [-0.25, -0.2) is 29.5 Å². The third-order valence-electron chi connectivity index (χ3n) is 7.99. The molecule has 2 saturated heterocycles. The van der Waals surface area contributed by atoms with E-state index in [1.807, 2.05) is 20.8 Å². The first-order valence-corrected chi connectivity index (χ1v) is 14.9. The van der Waals surface area contributed by atoms with Crippen molar-refractivity contribution in [3.8, 4) is 33.9 Å². The first-order chi connectivity index (χ1) is 21.8. The quantitative estimate of drug-likeness (QED) is 0.215. The van der Waals surface area contributed by atoms with E-state index < -0.39 is 29.6 Å². The largest absolute Gasteiger partial charge is 0.465 e. The number of carboxylic acid groups (broad SMARTS) is 1. The molecule has 6 rings (SSSR count). The summed E-state index contributed by atoms with van der Waals surface area (Å²) in [4.78, 5) is 50.3. The highest BCUT2D eigenvalue weighted by atomic mass is 19.4. The molecule has 5 heterocycles. The van der Waals surface area contributed by atoms with Crippen molar-refractivity contribution >= 4 is 12.2 Å². The van der Waals surface area contributed by atoms with Gasteiger partial charge < -0.3 is 19.8 Å². The van der Waals surface area contributed by atoms with Crippen LogP contribution >= 0.6 is 0 Å². The van der Waals surface area contributed by atoms with E-state index in [4.69, 9.17) is 4.74 Å². The van der Waals surface area contributed by atoms with E-state index in [-0.39, 0.29) is 35.8 Å². The number of amides is 2. The number of alkyl halides is 3. The summed E-state index contributed by atoms with van der Waals surface area (Å²) >= 11 is 0. The van der Waals surface area contributed by atoms with Gasteiger partial charge in [0, 0.05) is 42.2 Å². The second-order valence-electron chi connectivity index (χ2n) is 12.4. The van der Waals surface area contributed by atoms with Crippen LogP contribution in [0.15, 0.2) is 42.9 Å². The Bertz CT molecular complexity index is 1730. The second kappa shape index (κ2) is 11.8. The van der Waals surface area contributed by atoms with Crippen LogP contribution in [0.2, 0.25) is 0 Å². The molecule has 2 amide bonds. The number of H-pyrrole nitrogens is 2. The van der Waals surface area contributed by atoms with E-state index in [1.165, 1.54) is 12.1 Å². The van der Waals surface area contributed by atoms with E-state index in [0.717, 1.165) is 17.7 Å². The number of carbonyl (C=O) groups is 2. The topological polar surface area (TPSA) is 153 Å². The van der Waals surface area contributed by atoms with Gasteiger partial charge in [-0.1, -0.05) is 24.3 Å². The van der Waals surface area contributed by atoms with Gasteiger partial charge in [0.05, 0.1) is 29.7 Å². The maximum Gasteiger partial charge on any atom is 0.435 e. The van der Waals surface area contributed by atoms with Gasteiger partial charge >= 0.3 is 18.4 Å². The molecule has 0 radical (unpaired) electrons. The Morgan fingerprint density at radius 3 is 2.07 bits per heavy atom. The van der Waals surface area contributed by atoms with Crippen molar-refractivity contribution < 1.29 is 32.6 Å². The molecule has 2 aliphatic rings. The molecule has 242 valence electrons. The van der Waals surface area contributed by atoms with Crippen LogP contribution in [0.25, 0.3) is 33.9 Å². The standard InChI is InChI=1S/C31H33F3N8O4/c1-30(2,3)46-29(45)42-13-5-6-21(42)26-37-16-20(38-26)19-14-35-25(36-15-19)18-10-8-17(9-11-18)23-24(31(32,33)34)40-27(39-23)22-7-4-12-41(22)28(43)44/h8-11,14-16,21-22H,4-7,12-13H2,1-3H3,(H,37,38)(H,39,40)(H,43,44)/t21-,22-/m0/s1. The number of benzene rings is 1. The number of aromatic amines is 2. The lowest BCUT2D eigenvalue weighted by Crippen LogP contribution is -2.36. The molecule has 0 spiro atoms. The highest BCUT2D eigenvalue weighted by Crippen LogP contribution is 2.39. The first-order valence-electron chi connectivity index (χ1n) is 14.9. The first kappa shape index (κ1) is 31.0. The van der Waals surface area contributed by atoms with Crippen molar-refractivity contribution in [3.63, 3.8) is 0 Å². The molecule has 4 aromatic rings. The van der Waals surface area contributed by atoms with Crippen LogP contribution < -0.4 is 0 Å². The zero-order chi connectivity index (χ0) is 32.8.